The zero-order chi connectivity index (χ0) is 20.5. The summed E-state index contributed by atoms with van der Waals surface area (Å²) >= 11 is 1.44. The number of carbonyl (C=O) groups excluding carboxylic acids is 2. The second kappa shape index (κ2) is 7.87. The minimum Gasteiger partial charge on any atom is -0.342 e. The summed E-state index contributed by atoms with van der Waals surface area (Å²) in [4.78, 5) is 36.5. The number of para-hydroxylation sites is 3. The SMILES string of the molecule is O=C(Cn1c(CC(=O)N2CCCC2)nc2ccccc21)Nc1nc2ccccc2s1. The number of amides is 2. The van der Waals surface area contributed by atoms with Crippen LogP contribution in [0.15, 0.2) is 48.5 Å². The first-order valence-electron chi connectivity index (χ1n) is 10.0. The Bertz CT molecular complexity index is 1210. The van der Waals surface area contributed by atoms with E-state index in [0.717, 1.165) is 47.2 Å². The van der Waals surface area contributed by atoms with Crippen LogP contribution in [0.4, 0.5) is 5.13 Å². The number of nitrogens with zero attached hydrogens (tertiary/aromatic N) is 4. The number of rotatable bonds is 5. The van der Waals surface area contributed by atoms with E-state index in [-0.39, 0.29) is 24.8 Å². The molecule has 0 atom stereocenters. The molecule has 0 saturated carbocycles. The molecule has 2 amide bonds. The van der Waals surface area contributed by atoms with Crippen molar-refractivity contribution in [3.05, 3.63) is 54.4 Å². The van der Waals surface area contributed by atoms with Gasteiger partial charge in [-0.3, -0.25) is 9.59 Å². The Morgan fingerprint density at radius 3 is 2.50 bits per heavy atom. The molecule has 30 heavy (non-hydrogen) atoms. The smallest absolute Gasteiger partial charge is 0.246 e. The largest absolute Gasteiger partial charge is 0.342 e. The van der Waals surface area contributed by atoms with Crippen LogP contribution in [-0.4, -0.2) is 44.3 Å². The molecule has 7 nitrogen and oxygen atoms in total. The standard InChI is InChI=1S/C22H21N5O2S/c28-20(25-22-24-16-8-2-4-10-18(16)30-22)14-27-17-9-3-1-7-15(17)23-19(27)13-21(29)26-11-5-6-12-26/h1-4,7-10H,5-6,11-14H2,(H,24,25,28). The normalized spacial score (nSPS) is 13.9. The summed E-state index contributed by atoms with van der Waals surface area (Å²) in [5.74, 6) is 0.496. The van der Waals surface area contributed by atoms with Crippen molar-refractivity contribution in [3.8, 4) is 0 Å². The molecule has 152 valence electrons. The van der Waals surface area contributed by atoms with Gasteiger partial charge < -0.3 is 14.8 Å². The molecule has 4 aromatic rings. The fourth-order valence-corrected chi connectivity index (χ4v) is 4.76. The number of likely N-dealkylation sites (tertiary alicyclic amines) is 1. The zero-order valence-electron chi connectivity index (χ0n) is 16.4. The number of fused-ring (bicyclic) bond motifs is 2. The summed E-state index contributed by atoms with van der Waals surface area (Å²) in [5.41, 5.74) is 2.50. The highest BCUT2D eigenvalue weighted by molar-refractivity contribution is 7.22. The minimum absolute atomic E-state index is 0.0654. The molecule has 0 bridgehead atoms. The third-order valence-electron chi connectivity index (χ3n) is 5.34. The lowest BCUT2D eigenvalue weighted by molar-refractivity contribution is -0.129. The van der Waals surface area contributed by atoms with Crippen molar-refractivity contribution < 1.29 is 9.59 Å². The van der Waals surface area contributed by atoms with Crippen LogP contribution in [-0.2, 0) is 22.6 Å². The van der Waals surface area contributed by atoms with Gasteiger partial charge in [-0.15, -0.1) is 0 Å². The average molecular weight is 420 g/mol. The Balaban J connectivity index is 1.39. The maximum absolute atomic E-state index is 12.8. The molecule has 0 spiro atoms. The summed E-state index contributed by atoms with van der Waals surface area (Å²) in [6.07, 6.45) is 2.29. The van der Waals surface area contributed by atoms with Crippen molar-refractivity contribution in [1.29, 1.82) is 0 Å². The first kappa shape index (κ1) is 18.7. The van der Waals surface area contributed by atoms with Crippen LogP contribution in [0.3, 0.4) is 0 Å². The first-order chi connectivity index (χ1) is 14.7. The lowest BCUT2D eigenvalue weighted by Crippen LogP contribution is -2.30. The van der Waals surface area contributed by atoms with E-state index in [0.29, 0.717) is 11.0 Å². The number of hydrogen-bond acceptors (Lipinski definition) is 5. The number of aromatic nitrogens is 3. The highest BCUT2D eigenvalue weighted by Crippen LogP contribution is 2.25. The van der Waals surface area contributed by atoms with Gasteiger partial charge in [0.05, 0.1) is 27.7 Å². The molecule has 2 aromatic carbocycles. The molecular weight excluding hydrogens is 398 g/mol. The Labute approximate surface area is 177 Å². The molecule has 1 fully saturated rings. The van der Waals surface area contributed by atoms with Crippen LogP contribution in [0.25, 0.3) is 21.3 Å². The van der Waals surface area contributed by atoms with E-state index in [2.05, 4.69) is 15.3 Å². The third-order valence-corrected chi connectivity index (χ3v) is 6.30. The van der Waals surface area contributed by atoms with E-state index in [1.54, 1.807) is 0 Å². The second-order valence-electron chi connectivity index (χ2n) is 7.40. The summed E-state index contributed by atoms with van der Waals surface area (Å²) in [6.45, 7) is 1.69. The topological polar surface area (TPSA) is 80.1 Å². The number of imidazole rings is 1. The molecule has 1 saturated heterocycles. The predicted molar refractivity (Wildman–Crippen MR) is 118 cm³/mol. The van der Waals surface area contributed by atoms with Gasteiger partial charge >= 0.3 is 0 Å². The van der Waals surface area contributed by atoms with Crippen molar-refractivity contribution in [2.24, 2.45) is 0 Å². The van der Waals surface area contributed by atoms with Gasteiger partial charge in [0.25, 0.3) is 0 Å². The fourth-order valence-electron chi connectivity index (χ4n) is 3.88. The quantitative estimate of drug-likeness (QED) is 0.537. The predicted octanol–water partition coefficient (Wildman–Crippen LogP) is 3.45. The van der Waals surface area contributed by atoms with Crippen molar-refractivity contribution in [2.45, 2.75) is 25.8 Å². The van der Waals surface area contributed by atoms with Crippen molar-refractivity contribution in [2.75, 3.05) is 18.4 Å². The average Bonchev–Trinajstić information content (AvgIpc) is 3.47. The van der Waals surface area contributed by atoms with Crippen molar-refractivity contribution >= 4 is 49.5 Å². The van der Waals surface area contributed by atoms with Gasteiger partial charge in [0.15, 0.2) is 5.13 Å². The van der Waals surface area contributed by atoms with Gasteiger partial charge in [-0.1, -0.05) is 35.6 Å². The summed E-state index contributed by atoms with van der Waals surface area (Å²) in [6, 6.07) is 15.4. The van der Waals surface area contributed by atoms with Crippen LogP contribution in [0.5, 0.6) is 0 Å². The molecule has 1 N–H and O–H groups in total. The Morgan fingerprint density at radius 1 is 0.967 bits per heavy atom. The monoisotopic (exact) mass is 419 g/mol. The number of benzene rings is 2. The lowest BCUT2D eigenvalue weighted by atomic mass is 10.3. The van der Waals surface area contributed by atoms with Gasteiger partial charge in [-0.2, -0.15) is 0 Å². The van der Waals surface area contributed by atoms with Crippen LogP contribution < -0.4 is 5.32 Å². The highest BCUT2D eigenvalue weighted by atomic mass is 32.1. The molecule has 0 aliphatic carbocycles. The van der Waals surface area contributed by atoms with Crippen molar-refractivity contribution in [3.63, 3.8) is 0 Å². The molecule has 0 unspecified atom stereocenters. The Hall–Kier alpha value is -3.26. The number of nitrogens with one attached hydrogen (secondary N) is 1. The molecule has 0 radical (unpaired) electrons. The van der Waals surface area contributed by atoms with Gasteiger partial charge in [0.1, 0.15) is 12.4 Å². The Kier molecular flexibility index (Phi) is 4.92. The first-order valence-corrected chi connectivity index (χ1v) is 10.9. The van der Waals surface area contributed by atoms with Crippen LogP contribution >= 0.6 is 11.3 Å². The number of anilines is 1. The van der Waals surface area contributed by atoms with Gasteiger partial charge in [0, 0.05) is 13.1 Å². The summed E-state index contributed by atoms with van der Waals surface area (Å²) < 4.78 is 2.86. The van der Waals surface area contributed by atoms with Crippen LogP contribution in [0, 0.1) is 0 Å². The summed E-state index contributed by atoms with van der Waals surface area (Å²) in [7, 11) is 0. The maximum Gasteiger partial charge on any atom is 0.246 e. The number of carbonyl (C=O) groups is 2. The molecule has 5 rings (SSSR count). The molecule has 2 aromatic heterocycles. The lowest BCUT2D eigenvalue weighted by Gasteiger charge is -2.15. The van der Waals surface area contributed by atoms with Crippen LogP contribution in [0.1, 0.15) is 18.7 Å². The molecule has 3 heterocycles. The molecule has 1 aliphatic rings. The number of hydrogen-bond donors (Lipinski definition) is 1. The Morgan fingerprint density at radius 2 is 1.70 bits per heavy atom. The van der Waals surface area contributed by atoms with Gasteiger partial charge in [-0.25, -0.2) is 9.97 Å². The molecule has 1 aliphatic heterocycles. The number of thiazole rings is 1. The van der Waals surface area contributed by atoms with Crippen molar-refractivity contribution in [1.82, 2.24) is 19.4 Å². The summed E-state index contributed by atoms with van der Waals surface area (Å²) in [5, 5.41) is 3.46. The zero-order valence-corrected chi connectivity index (χ0v) is 17.2. The van der Waals surface area contributed by atoms with E-state index in [9.17, 15) is 9.59 Å². The van der Waals surface area contributed by atoms with E-state index >= 15 is 0 Å². The van der Waals surface area contributed by atoms with Crippen LogP contribution in [0.2, 0.25) is 0 Å². The molecule has 8 heteroatoms. The van der Waals surface area contributed by atoms with E-state index < -0.39 is 0 Å². The second-order valence-corrected chi connectivity index (χ2v) is 8.43. The van der Waals surface area contributed by atoms with Gasteiger partial charge in [0.2, 0.25) is 11.8 Å². The maximum atomic E-state index is 12.8. The van der Waals surface area contributed by atoms with E-state index in [4.69, 9.17) is 0 Å². The third kappa shape index (κ3) is 3.66. The minimum atomic E-state index is -0.188. The highest BCUT2D eigenvalue weighted by Gasteiger charge is 2.22. The van der Waals surface area contributed by atoms with Gasteiger partial charge in [-0.05, 0) is 37.1 Å². The van der Waals surface area contributed by atoms with E-state index in [1.807, 2.05) is 58.0 Å². The molecular formula is C22H21N5O2S. The van der Waals surface area contributed by atoms with E-state index in [1.165, 1.54) is 11.3 Å². The fraction of sp³-hybridized carbons (Fsp3) is 0.273.